The van der Waals surface area contributed by atoms with Crippen molar-refractivity contribution in [1.82, 2.24) is 15.0 Å². The Morgan fingerprint density at radius 2 is 2.11 bits per heavy atom. The molecule has 0 spiro atoms. The zero-order valence-corrected chi connectivity index (χ0v) is 12.2. The van der Waals surface area contributed by atoms with E-state index in [1.807, 2.05) is 19.1 Å². The molecule has 4 nitrogen and oxygen atoms in total. The van der Waals surface area contributed by atoms with Gasteiger partial charge in [0, 0.05) is 12.1 Å². The lowest BCUT2D eigenvalue weighted by Gasteiger charge is -2.08. The molecular formula is C13H13IN4. The molecule has 3 rings (SSSR count). The highest BCUT2D eigenvalue weighted by molar-refractivity contribution is 14.1. The van der Waals surface area contributed by atoms with Crippen molar-refractivity contribution in [2.45, 2.75) is 25.7 Å². The van der Waals surface area contributed by atoms with Crippen LogP contribution in [-0.2, 0) is 0 Å². The maximum atomic E-state index is 5.98. The molecule has 5 heteroatoms. The lowest BCUT2D eigenvalue weighted by Crippen LogP contribution is -2.05. The van der Waals surface area contributed by atoms with Crippen LogP contribution in [0.2, 0.25) is 0 Å². The number of nitrogens with zero attached hydrogens (tertiary/aromatic N) is 3. The molecule has 0 unspecified atom stereocenters. The van der Waals surface area contributed by atoms with Crippen LogP contribution < -0.4 is 5.73 Å². The molecule has 1 saturated carbocycles. The van der Waals surface area contributed by atoms with Crippen molar-refractivity contribution >= 4 is 28.4 Å². The monoisotopic (exact) mass is 352 g/mol. The van der Waals surface area contributed by atoms with Crippen LogP contribution in [0.4, 0.5) is 5.82 Å². The Labute approximate surface area is 119 Å². The van der Waals surface area contributed by atoms with E-state index in [0.29, 0.717) is 17.6 Å². The molecule has 2 heterocycles. The van der Waals surface area contributed by atoms with Gasteiger partial charge in [-0.05, 0) is 60.1 Å². The molecule has 1 aliphatic carbocycles. The number of hydrogen-bond acceptors (Lipinski definition) is 4. The van der Waals surface area contributed by atoms with Gasteiger partial charge >= 0.3 is 0 Å². The molecule has 0 aliphatic heterocycles. The predicted molar refractivity (Wildman–Crippen MR) is 79.1 cm³/mol. The summed E-state index contributed by atoms with van der Waals surface area (Å²) in [6.07, 6.45) is 4.18. The van der Waals surface area contributed by atoms with Crippen molar-refractivity contribution in [2.75, 3.05) is 5.73 Å². The Kier molecular flexibility index (Phi) is 2.93. The Morgan fingerprint density at radius 1 is 1.33 bits per heavy atom. The highest BCUT2D eigenvalue weighted by Crippen LogP contribution is 2.42. The summed E-state index contributed by atoms with van der Waals surface area (Å²) in [4.78, 5) is 13.3. The Morgan fingerprint density at radius 3 is 2.78 bits per heavy atom. The van der Waals surface area contributed by atoms with Gasteiger partial charge in [-0.25, -0.2) is 9.97 Å². The maximum absolute atomic E-state index is 5.98. The van der Waals surface area contributed by atoms with Gasteiger partial charge in [0.05, 0.1) is 9.26 Å². The number of nitrogens with two attached hydrogens (primary N) is 1. The zero-order chi connectivity index (χ0) is 12.7. The molecule has 0 saturated heterocycles. The number of pyridine rings is 1. The van der Waals surface area contributed by atoms with Gasteiger partial charge in [-0.1, -0.05) is 0 Å². The summed E-state index contributed by atoms with van der Waals surface area (Å²) in [5, 5.41) is 0. The van der Waals surface area contributed by atoms with Crippen LogP contribution in [0, 0.1) is 10.5 Å². The minimum absolute atomic E-state index is 0.561. The summed E-state index contributed by atoms with van der Waals surface area (Å²) in [6.45, 7) is 2.03. The van der Waals surface area contributed by atoms with E-state index >= 15 is 0 Å². The van der Waals surface area contributed by atoms with E-state index in [1.165, 1.54) is 12.8 Å². The molecule has 18 heavy (non-hydrogen) atoms. The fraction of sp³-hybridized carbons (Fsp3) is 0.308. The highest BCUT2D eigenvalue weighted by Gasteiger charge is 2.29. The fourth-order valence-corrected chi connectivity index (χ4v) is 2.56. The Balaban J connectivity index is 2.12. The van der Waals surface area contributed by atoms with Crippen molar-refractivity contribution in [3.05, 3.63) is 33.2 Å². The number of aryl methyl sites for hydroxylation is 1. The summed E-state index contributed by atoms with van der Waals surface area (Å²) in [5.74, 6) is 1.76. The van der Waals surface area contributed by atoms with Crippen LogP contribution in [0.1, 0.15) is 30.0 Å². The van der Waals surface area contributed by atoms with Gasteiger partial charge in [0.15, 0.2) is 5.82 Å². The van der Waals surface area contributed by atoms with Crippen LogP contribution in [0.15, 0.2) is 18.3 Å². The Bertz CT molecular complexity index is 608. The van der Waals surface area contributed by atoms with E-state index in [1.54, 1.807) is 6.20 Å². The van der Waals surface area contributed by atoms with Gasteiger partial charge in [-0.2, -0.15) is 0 Å². The standard InChI is InChI=1S/C13H13IN4/c1-7-4-5-16-9(6-7)13-17-11(8-2-3-8)10(14)12(15)18-13/h4-6,8H,2-3H2,1H3,(H2,15,17,18). The first-order valence-corrected chi connectivity index (χ1v) is 6.99. The average molecular weight is 352 g/mol. The molecule has 0 radical (unpaired) electrons. The van der Waals surface area contributed by atoms with Crippen LogP contribution in [-0.4, -0.2) is 15.0 Å². The smallest absolute Gasteiger partial charge is 0.180 e. The minimum Gasteiger partial charge on any atom is -0.383 e. The van der Waals surface area contributed by atoms with Crippen molar-refractivity contribution in [2.24, 2.45) is 0 Å². The third kappa shape index (κ3) is 2.19. The SMILES string of the molecule is Cc1ccnc(-c2nc(N)c(I)c(C3CC3)n2)c1. The number of anilines is 1. The largest absolute Gasteiger partial charge is 0.383 e. The topological polar surface area (TPSA) is 64.7 Å². The van der Waals surface area contributed by atoms with E-state index in [2.05, 4.69) is 37.5 Å². The first kappa shape index (κ1) is 11.8. The van der Waals surface area contributed by atoms with Crippen LogP contribution >= 0.6 is 22.6 Å². The average Bonchev–Trinajstić information content (AvgIpc) is 3.16. The van der Waals surface area contributed by atoms with Gasteiger partial charge in [0.1, 0.15) is 11.5 Å². The minimum atomic E-state index is 0.561. The van der Waals surface area contributed by atoms with E-state index in [9.17, 15) is 0 Å². The first-order chi connectivity index (χ1) is 8.65. The van der Waals surface area contributed by atoms with Crippen molar-refractivity contribution in [1.29, 1.82) is 0 Å². The number of nitrogen functional groups attached to an aromatic ring is 1. The number of rotatable bonds is 2. The molecule has 0 aromatic carbocycles. The van der Waals surface area contributed by atoms with Crippen LogP contribution in [0.5, 0.6) is 0 Å². The van der Waals surface area contributed by atoms with Crippen molar-refractivity contribution in [3.8, 4) is 11.5 Å². The first-order valence-electron chi connectivity index (χ1n) is 5.91. The predicted octanol–water partition coefficient (Wildman–Crippen LogP) is 2.91. The second-order valence-corrected chi connectivity index (χ2v) is 5.70. The van der Waals surface area contributed by atoms with E-state index in [-0.39, 0.29) is 0 Å². The summed E-state index contributed by atoms with van der Waals surface area (Å²) in [6, 6.07) is 3.94. The number of hydrogen-bond donors (Lipinski definition) is 1. The molecule has 0 amide bonds. The molecule has 2 aromatic heterocycles. The third-order valence-corrected chi connectivity index (χ3v) is 4.12. The van der Waals surface area contributed by atoms with E-state index in [4.69, 9.17) is 5.73 Å². The molecule has 1 fully saturated rings. The number of aromatic nitrogens is 3. The Hall–Kier alpha value is -1.24. The summed E-state index contributed by atoms with van der Waals surface area (Å²) < 4.78 is 0.992. The van der Waals surface area contributed by atoms with Gasteiger partial charge < -0.3 is 5.73 Å². The van der Waals surface area contributed by atoms with Gasteiger partial charge in [-0.3, -0.25) is 4.98 Å². The maximum Gasteiger partial charge on any atom is 0.180 e. The molecule has 1 aliphatic rings. The zero-order valence-electron chi connectivity index (χ0n) is 10.0. The normalized spacial score (nSPS) is 14.8. The number of halogens is 1. The molecule has 92 valence electrons. The summed E-state index contributed by atoms with van der Waals surface area (Å²) in [5.41, 5.74) is 9.00. The molecule has 0 atom stereocenters. The van der Waals surface area contributed by atoms with E-state index < -0.39 is 0 Å². The molecular weight excluding hydrogens is 339 g/mol. The van der Waals surface area contributed by atoms with Crippen LogP contribution in [0.3, 0.4) is 0 Å². The summed E-state index contributed by atoms with van der Waals surface area (Å²) >= 11 is 2.23. The molecule has 2 N–H and O–H groups in total. The van der Waals surface area contributed by atoms with E-state index in [0.717, 1.165) is 20.5 Å². The third-order valence-electron chi connectivity index (χ3n) is 3.01. The fourth-order valence-electron chi connectivity index (χ4n) is 1.88. The van der Waals surface area contributed by atoms with Gasteiger partial charge in [0.2, 0.25) is 0 Å². The van der Waals surface area contributed by atoms with Crippen molar-refractivity contribution < 1.29 is 0 Å². The second-order valence-electron chi connectivity index (χ2n) is 4.62. The van der Waals surface area contributed by atoms with Crippen molar-refractivity contribution in [3.63, 3.8) is 0 Å². The molecule has 0 bridgehead atoms. The summed E-state index contributed by atoms with van der Waals surface area (Å²) in [7, 11) is 0. The highest BCUT2D eigenvalue weighted by atomic mass is 127. The lowest BCUT2D eigenvalue weighted by atomic mass is 10.2. The lowest BCUT2D eigenvalue weighted by molar-refractivity contribution is 0.976. The van der Waals surface area contributed by atoms with Gasteiger partial charge in [-0.15, -0.1) is 0 Å². The quantitative estimate of drug-likeness (QED) is 0.845. The van der Waals surface area contributed by atoms with Crippen LogP contribution in [0.25, 0.3) is 11.5 Å². The second kappa shape index (κ2) is 4.46. The molecule has 2 aromatic rings. The van der Waals surface area contributed by atoms with Gasteiger partial charge in [0.25, 0.3) is 0 Å².